The number of carbonyl (C=O) groups excluding carboxylic acids is 2. The second-order valence-corrected chi connectivity index (χ2v) is 8.51. The molecule has 3 aromatic rings. The maximum Gasteiger partial charge on any atom is 0.338 e. The normalized spacial score (nSPS) is 10.9. The van der Waals surface area contributed by atoms with Crippen molar-refractivity contribution in [2.75, 3.05) is 13.7 Å². The van der Waals surface area contributed by atoms with E-state index in [0.717, 1.165) is 11.4 Å². The van der Waals surface area contributed by atoms with Gasteiger partial charge in [-0.3, -0.25) is 4.79 Å². The number of hydrogen-bond acceptors (Lipinski definition) is 6. The number of esters is 1. The third-order valence-electron chi connectivity index (χ3n) is 4.86. The van der Waals surface area contributed by atoms with Crippen LogP contribution in [0.15, 0.2) is 41.8 Å². The molecular weight excluding hydrogens is 414 g/mol. The van der Waals surface area contributed by atoms with Gasteiger partial charge in [0.15, 0.2) is 18.1 Å². The Morgan fingerprint density at radius 1 is 1.10 bits per heavy atom. The number of nitrogens with zero attached hydrogens (tertiary/aromatic N) is 1. The molecule has 0 N–H and O–H groups in total. The number of hydrogen-bond donors (Lipinski definition) is 0. The van der Waals surface area contributed by atoms with Crippen molar-refractivity contribution in [1.82, 2.24) is 4.57 Å². The van der Waals surface area contributed by atoms with Gasteiger partial charge in [-0.15, -0.1) is 11.3 Å². The largest absolute Gasteiger partial charge is 0.493 e. The Hall–Kier alpha value is -3.06. The van der Waals surface area contributed by atoms with Gasteiger partial charge in [0.25, 0.3) is 0 Å². The average molecular weight is 442 g/mol. The first kappa shape index (κ1) is 22.6. The van der Waals surface area contributed by atoms with E-state index >= 15 is 0 Å². The molecule has 0 amide bonds. The Labute approximate surface area is 186 Å². The first-order valence-corrected chi connectivity index (χ1v) is 10.9. The summed E-state index contributed by atoms with van der Waals surface area (Å²) in [4.78, 5) is 26.4. The zero-order valence-corrected chi connectivity index (χ0v) is 19.2. The van der Waals surface area contributed by atoms with Crippen molar-refractivity contribution in [3.8, 4) is 11.5 Å². The van der Waals surface area contributed by atoms with Gasteiger partial charge in [0.2, 0.25) is 5.78 Å². The van der Waals surface area contributed by atoms with Crippen LogP contribution in [-0.2, 0) is 11.3 Å². The highest BCUT2D eigenvalue weighted by molar-refractivity contribution is 7.09. The Balaban J connectivity index is 1.67. The van der Waals surface area contributed by atoms with Gasteiger partial charge >= 0.3 is 5.97 Å². The van der Waals surface area contributed by atoms with Gasteiger partial charge in [-0.05, 0) is 63.4 Å². The van der Waals surface area contributed by atoms with E-state index in [1.54, 1.807) is 29.5 Å². The fourth-order valence-electron chi connectivity index (χ4n) is 3.32. The van der Waals surface area contributed by atoms with Gasteiger partial charge in [-0.2, -0.15) is 0 Å². The number of carbonyl (C=O) groups is 2. The van der Waals surface area contributed by atoms with E-state index in [1.165, 1.54) is 12.0 Å². The highest BCUT2D eigenvalue weighted by Crippen LogP contribution is 2.29. The van der Waals surface area contributed by atoms with Crippen LogP contribution in [0.4, 0.5) is 0 Å². The van der Waals surface area contributed by atoms with Crippen molar-refractivity contribution in [3.63, 3.8) is 0 Å². The maximum atomic E-state index is 12.7. The van der Waals surface area contributed by atoms with Crippen LogP contribution in [0.3, 0.4) is 0 Å². The molecule has 2 aromatic heterocycles. The minimum absolute atomic E-state index is 0.0249. The van der Waals surface area contributed by atoms with E-state index in [-0.39, 0.29) is 18.5 Å². The van der Waals surface area contributed by atoms with E-state index in [1.807, 2.05) is 45.2 Å². The quantitative estimate of drug-likeness (QED) is 0.343. The molecule has 0 aliphatic heterocycles. The summed E-state index contributed by atoms with van der Waals surface area (Å²) in [5.74, 6) is 0.163. The highest BCUT2D eigenvalue weighted by Gasteiger charge is 2.19. The van der Waals surface area contributed by atoms with Crippen molar-refractivity contribution in [1.29, 1.82) is 0 Å². The predicted molar refractivity (Wildman–Crippen MR) is 121 cm³/mol. The Bertz CT molecular complexity index is 1070. The van der Waals surface area contributed by atoms with Crippen molar-refractivity contribution in [2.45, 2.75) is 40.3 Å². The number of ether oxygens (including phenoxy) is 3. The van der Waals surface area contributed by atoms with Crippen molar-refractivity contribution in [3.05, 3.63) is 69.2 Å². The van der Waals surface area contributed by atoms with Crippen LogP contribution in [0.2, 0.25) is 0 Å². The van der Waals surface area contributed by atoms with Crippen molar-refractivity contribution in [2.24, 2.45) is 0 Å². The van der Waals surface area contributed by atoms with E-state index in [4.69, 9.17) is 14.2 Å². The molecule has 0 aliphatic carbocycles. The van der Waals surface area contributed by atoms with Crippen molar-refractivity contribution < 1.29 is 23.8 Å². The van der Waals surface area contributed by atoms with E-state index in [9.17, 15) is 9.59 Å². The van der Waals surface area contributed by atoms with Gasteiger partial charge < -0.3 is 18.8 Å². The summed E-state index contributed by atoms with van der Waals surface area (Å²) < 4.78 is 18.3. The monoisotopic (exact) mass is 441 g/mol. The molecule has 0 spiro atoms. The molecule has 0 aliphatic rings. The van der Waals surface area contributed by atoms with Crippen LogP contribution in [0.25, 0.3) is 0 Å². The SMILES string of the molecule is COc1cc(C(=O)OCC(=O)c2cc(C)n(Cc3cccs3)c2C)ccc1OC(C)C. The summed E-state index contributed by atoms with van der Waals surface area (Å²) >= 11 is 1.68. The fraction of sp³-hybridized carbons (Fsp3) is 0.333. The van der Waals surface area contributed by atoms with Crippen LogP contribution in [-0.4, -0.2) is 36.1 Å². The second-order valence-electron chi connectivity index (χ2n) is 7.48. The zero-order chi connectivity index (χ0) is 22.5. The zero-order valence-electron chi connectivity index (χ0n) is 18.4. The molecule has 2 heterocycles. The minimum atomic E-state index is -0.588. The molecule has 1 aromatic carbocycles. The molecule has 0 radical (unpaired) electrons. The predicted octanol–water partition coefficient (Wildman–Crippen LogP) is 5.05. The maximum absolute atomic E-state index is 12.7. The Morgan fingerprint density at radius 2 is 1.87 bits per heavy atom. The highest BCUT2D eigenvalue weighted by atomic mass is 32.1. The van der Waals surface area contributed by atoms with Crippen molar-refractivity contribution >= 4 is 23.1 Å². The van der Waals surface area contributed by atoms with E-state index in [0.29, 0.717) is 29.2 Å². The molecule has 7 heteroatoms. The average Bonchev–Trinajstić information content (AvgIpc) is 3.35. The molecule has 0 saturated carbocycles. The molecular formula is C24H27NO5S. The number of methoxy groups -OCH3 is 1. The molecule has 0 bridgehead atoms. The Morgan fingerprint density at radius 3 is 2.52 bits per heavy atom. The van der Waals surface area contributed by atoms with Crippen LogP contribution in [0.5, 0.6) is 11.5 Å². The van der Waals surface area contributed by atoms with Crippen LogP contribution >= 0.6 is 11.3 Å². The summed E-state index contributed by atoms with van der Waals surface area (Å²) in [5.41, 5.74) is 2.72. The lowest BCUT2D eigenvalue weighted by atomic mass is 10.1. The van der Waals surface area contributed by atoms with Gasteiger partial charge in [0.1, 0.15) is 0 Å². The third-order valence-corrected chi connectivity index (χ3v) is 5.73. The number of rotatable bonds is 9. The molecule has 3 rings (SSSR count). The summed E-state index contributed by atoms with van der Waals surface area (Å²) in [5, 5.41) is 2.03. The standard InChI is InChI=1S/C24H27NO5S/c1-15(2)30-22-9-8-18(12-23(22)28-5)24(27)29-14-21(26)20-11-16(3)25(17(20)4)13-19-7-6-10-31-19/h6-12,15H,13-14H2,1-5H3. The fourth-order valence-corrected chi connectivity index (χ4v) is 4.02. The molecule has 6 nitrogen and oxygen atoms in total. The number of ketones is 1. The van der Waals surface area contributed by atoms with E-state index in [2.05, 4.69) is 10.6 Å². The van der Waals surface area contributed by atoms with Gasteiger partial charge in [-0.1, -0.05) is 6.07 Å². The third kappa shape index (κ3) is 5.35. The summed E-state index contributed by atoms with van der Waals surface area (Å²) in [6.45, 7) is 8.08. The van der Waals surface area contributed by atoms with Crippen LogP contribution in [0.1, 0.15) is 50.8 Å². The van der Waals surface area contributed by atoms with Crippen LogP contribution < -0.4 is 9.47 Å². The lowest BCUT2D eigenvalue weighted by Crippen LogP contribution is -2.15. The minimum Gasteiger partial charge on any atom is -0.493 e. The molecule has 0 unspecified atom stereocenters. The Kier molecular flexibility index (Phi) is 7.17. The summed E-state index contributed by atoms with van der Waals surface area (Å²) in [7, 11) is 1.51. The van der Waals surface area contributed by atoms with Crippen LogP contribution in [0, 0.1) is 13.8 Å². The summed E-state index contributed by atoms with van der Waals surface area (Å²) in [6.07, 6.45) is -0.0249. The number of benzene rings is 1. The second kappa shape index (κ2) is 9.83. The molecule has 0 atom stereocenters. The molecule has 164 valence electrons. The first-order chi connectivity index (χ1) is 14.8. The summed E-state index contributed by atoms with van der Waals surface area (Å²) in [6, 6.07) is 10.7. The lowest BCUT2D eigenvalue weighted by molar-refractivity contribution is 0.0474. The van der Waals surface area contributed by atoms with Gasteiger partial charge in [-0.25, -0.2) is 4.79 Å². The lowest BCUT2D eigenvalue weighted by Gasteiger charge is -2.14. The van der Waals surface area contributed by atoms with Gasteiger partial charge in [0, 0.05) is 21.8 Å². The van der Waals surface area contributed by atoms with E-state index < -0.39 is 5.97 Å². The number of thiophene rings is 1. The number of aromatic nitrogens is 1. The molecule has 0 saturated heterocycles. The smallest absolute Gasteiger partial charge is 0.338 e. The molecule has 0 fully saturated rings. The number of Topliss-reactive ketones (excluding diaryl/α,β-unsaturated/α-hetero) is 1. The number of aryl methyl sites for hydroxylation is 1. The molecule has 31 heavy (non-hydrogen) atoms. The topological polar surface area (TPSA) is 66.8 Å². The van der Waals surface area contributed by atoms with Gasteiger partial charge in [0.05, 0.1) is 25.3 Å². The first-order valence-electron chi connectivity index (χ1n) is 10.0.